The minimum Gasteiger partial charge on any atom is -0.393 e. The predicted octanol–water partition coefficient (Wildman–Crippen LogP) is 1.16. The summed E-state index contributed by atoms with van der Waals surface area (Å²) in [5.41, 5.74) is -0.111. The van der Waals surface area contributed by atoms with Gasteiger partial charge in [-0.3, -0.25) is 0 Å². The van der Waals surface area contributed by atoms with Gasteiger partial charge in [-0.2, -0.15) is 0 Å². The average molecular weight is 170 g/mol. The Kier molecular flexibility index (Phi) is 1.45. The Morgan fingerprint density at radius 3 is 2.00 bits per heavy atom. The van der Waals surface area contributed by atoms with E-state index in [1.807, 2.05) is 0 Å². The normalized spacial score (nSPS) is 56.2. The van der Waals surface area contributed by atoms with Crippen molar-refractivity contribution in [3.8, 4) is 0 Å². The van der Waals surface area contributed by atoms with E-state index in [1.54, 1.807) is 0 Å². The van der Waals surface area contributed by atoms with Gasteiger partial charge in [0.25, 0.3) is 0 Å². The number of fused-ring (bicyclic) bond motifs is 2. The van der Waals surface area contributed by atoms with Gasteiger partial charge in [0.15, 0.2) is 0 Å². The van der Waals surface area contributed by atoms with Crippen LogP contribution >= 0.6 is 0 Å². The molecule has 2 heteroatoms. The SMILES string of the molecule is CC1(C)[C@@H]2C[C@@](C)(C[C@H]2O)[C@H]1O. The van der Waals surface area contributed by atoms with Crippen LogP contribution in [0.1, 0.15) is 33.6 Å². The zero-order valence-electron chi connectivity index (χ0n) is 8.04. The fourth-order valence-corrected chi connectivity index (χ4v) is 3.42. The molecule has 0 amide bonds. The Hall–Kier alpha value is -0.0800. The molecule has 2 fully saturated rings. The number of rotatable bonds is 0. The molecule has 0 aromatic rings. The predicted molar refractivity (Wildman–Crippen MR) is 46.6 cm³/mol. The molecule has 0 aromatic heterocycles. The van der Waals surface area contributed by atoms with Crippen LogP contribution in [0.25, 0.3) is 0 Å². The van der Waals surface area contributed by atoms with Gasteiger partial charge in [0.1, 0.15) is 0 Å². The fraction of sp³-hybridized carbons (Fsp3) is 1.00. The van der Waals surface area contributed by atoms with Gasteiger partial charge in [0.05, 0.1) is 12.2 Å². The van der Waals surface area contributed by atoms with Crippen molar-refractivity contribution in [3.63, 3.8) is 0 Å². The van der Waals surface area contributed by atoms with Crippen molar-refractivity contribution < 1.29 is 10.2 Å². The van der Waals surface area contributed by atoms with E-state index < -0.39 is 0 Å². The van der Waals surface area contributed by atoms with E-state index in [2.05, 4.69) is 20.8 Å². The van der Waals surface area contributed by atoms with Crippen LogP contribution in [0.4, 0.5) is 0 Å². The van der Waals surface area contributed by atoms with Gasteiger partial charge in [0, 0.05) is 0 Å². The lowest BCUT2D eigenvalue weighted by molar-refractivity contribution is -0.0783. The van der Waals surface area contributed by atoms with Crippen LogP contribution in [-0.4, -0.2) is 22.4 Å². The third-order valence-electron chi connectivity index (χ3n) is 4.15. The number of hydrogen-bond acceptors (Lipinski definition) is 2. The average Bonchev–Trinajstić information content (AvgIpc) is 2.32. The number of aliphatic hydroxyl groups excluding tert-OH is 2. The van der Waals surface area contributed by atoms with E-state index >= 15 is 0 Å². The summed E-state index contributed by atoms with van der Waals surface area (Å²) < 4.78 is 0. The molecule has 2 aliphatic rings. The van der Waals surface area contributed by atoms with Crippen LogP contribution in [0.3, 0.4) is 0 Å². The largest absolute Gasteiger partial charge is 0.393 e. The second kappa shape index (κ2) is 2.05. The summed E-state index contributed by atoms with van der Waals surface area (Å²) in [5, 5.41) is 19.7. The van der Waals surface area contributed by atoms with Gasteiger partial charge in [-0.25, -0.2) is 0 Å². The zero-order valence-corrected chi connectivity index (χ0v) is 8.04. The summed E-state index contributed by atoms with van der Waals surface area (Å²) >= 11 is 0. The first-order chi connectivity index (χ1) is 5.38. The molecule has 0 aromatic carbocycles. The molecule has 2 aliphatic carbocycles. The molecule has 4 atom stereocenters. The van der Waals surface area contributed by atoms with Crippen molar-refractivity contribution in [2.75, 3.05) is 0 Å². The molecule has 0 heterocycles. The summed E-state index contributed by atoms with van der Waals surface area (Å²) in [4.78, 5) is 0. The Morgan fingerprint density at radius 2 is 1.67 bits per heavy atom. The highest BCUT2D eigenvalue weighted by Gasteiger charge is 2.62. The van der Waals surface area contributed by atoms with Crippen molar-refractivity contribution in [1.82, 2.24) is 0 Å². The third-order valence-corrected chi connectivity index (χ3v) is 4.15. The van der Waals surface area contributed by atoms with Crippen molar-refractivity contribution in [3.05, 3.63) is 0 Å². The van der Waals surface area contributed by atoms with E-state index in [4.69, 9.17) is 0 Å². The van der Waals surface area contributed by atoms with Crippen molar-refractivity contribution >= 4 is 0 Å². The van der Waals surface area contributed by atoms with Crippen molar-refractivity contribution in [2.24, 2.45) is 16.7 Å². The first-order valence-corrected chi connectivity index (χ1v) is 4.74. The van der Waals surface area contributed by atoms with E-state index in [-0.39, 0.29) is 23.0 Å². The Morgan fingerprint density at radius 1 is 1.08 bits per heavy atom. The molecule has 2 bridgehead atoms. The Bertz CT molecular complexity index is 207. The highest BCUT2D eigenvalue weighted by Crippen LogP contribution is 2.62. The maximum absolute atomic E-state index is 10.0. The minimum atomic E-state index is -0.238. The van der Waals surface area contributed by atoms with Crippen LogP contribution < -0.4 is 0 Å². The maximum atomic E-state index is 10.0. The molecule has 2 nitrogen and oxygen atoms in total. The molecule has 0 unspecified atom stereocenters. The lowest BCUT2D eigenvalue weighted by atomic mass is 9.69. The van der Waals surface area contributed by atoms with Crippen LogP contribution in [0.5, 0.6) is 0 Å². The molecule has 0 aliphatic heterocycles. The highest BCUT2D eigenvalue weighted by molar-refractivity contribution is 5.12. The van der Waals surface area contributed by atoms with E-state index in [9.17, 15) is 10.2 Å². The third kappa shape index (κ3) is 0.775. The maximum Gasteiger partial charge on any atom is 0.0649 e. The molecule has 0 saturated heterocycles. The van der Waals surface area contributed by atoms with Gasteiger partial charge in [-0.1, -0.05) is 20.8 Å². The quantitative estimate of drug-likeness (QED) is 0.573. The molecule has 0 radical (unpaired) electrons. The van der Waals surface area contributed by atoms with Crippen LogP contribution in [0.15, 0.2) is 0 Å². The molecule has 70 valence electrons. The number of hydrogen-bond donors (Lipinski definition) is 2. The highest BCUT2D eigenvalue weighted by atomic mass is 16.3. The van der Waals surface area contributed by atoms with Crippen LogP contribution in [0, 0.1) is 16.7 Å². The van der Waals surface area contributed by atoms with Crippen LogP contribution in [-0.2, 0) is 0 Å². The molecular weight excluding hydrogens is 152 g/mol. The second-order valence-electron chi connectivity index (χ2n) is 5.46. The Labute approximate surface area is 73.6 Å². The smallest absolute Gasteiger partial charge is 0.0649 e. The van der Waals surface area contributed by atoms with Gasteiger partial charge >= 0.3 is 0 Å². The van der Waals surface area contributed by atoms with E-state index in [0.717, 1.165) is 12.8 Å². The first-order valence-electron chi connectivity index (χ1n) is 4.74. The molecule has 0 spiro atoms. The minimum absolute atomic E-state index is 0.0203. The van der Waals surface area contributed by atoms with Gasteiger partial charge in [-0.15, -0.1) is 0 Å². The topological polar surface area (TPSA) is 40.5 Å². The lowest BCUT2D eigenvalue weighted by Gasteiger charge is -2.41. The lowest BCUT2D eigenvalue weighted by Crippen LogP contribution is -2.45. The Balaban J connectivity index is 2.36. The second-order valence-corrected chi connectivity index (χ2v) is 5.46. The van der Waals surface area contributed by atoms with Gasteiger partial charge in [0.2, 0.25) is 0 Å². The molecule has 2 rings (SSSR count). The zero-order chi connectivity index (χ0) is 9.15. The summed E-state index contributed by atoms with van der Waals surface area (Å²) in [6.07, 6.45) is 1.34. The van der Waals surface area contributed by atoms with E-state index in [1.165, 1.54) is 0 Å². The summed E-state index contributed by atoms with van der Waals surface area (Å²) in [6, 6.07) is 0. The van der Waals surface area contributed by atoms with Gasteiger partial charge < -0.3 is 10.2 Å². The monoisotopic (exact) mass is 170 g/mol. The number of aliphatic hydroxyl groups is 2. The summed E-state index contributed by atoms with van der Waals surface area (Å²) in [7, 11) is 0. The van der Waals surface area contributed by atoms with Crippen LogP contribution in [0.2, 0.25) is 0 Å². The van der Waals surface area contributed by atoms with Crippen molar-refractivity contribution in [2.45, 2.75) is 45.8 Å². The summed E-state index contributed by atoms with van der Waals surface area (Å²) in [5.74, 6) is 0.303. The van der Waals surface area contributed by atoms with Crippen molar-refractivity contribution in [1.29, 1.82) is 0 Å². The summed E-state index contributed by atoms with van der Waals surface area (Å²) in [6.45, 7) is 6.22. The fourth-order valence-electron chi connectivity index (χ4n) is 3.42. The molecule has 12 heavy (non-hydrogen) atoms. The van der Waals surface area contributed by atoms with Gasteiger partial charge in [-0.05, 0) is 29.6 Å². The molecule has 2 saturated carbocycles. The first kappa shape index (κ1) is 8.52. The van der Waals surface area contributed by atoms with E-state index in [0.29, 0.717) is 5.92 Å². The molecular formula is C10H18O2. The standard InChI is InChI=1S/C10H18O2/c1-9(2)6-4-10(3,8(9)12)5-7(6)11/h6-8,11-12H,4-5H2,1-3H3/t6-,7-,8+,10+/m1/s1. The molecule has 2 N–H and O–H groups in total.